The van der Waals surface area contributed by atoms with Gasteiger partial charge in [-0.3, -0.25) is 0 Å². The third kappa shape index (κ3) is 4.44. The van der Waals surface area contributed by atoms with Crippen LogP contribution in [0.15, 0.2) is 48.5 Å². The molecule has 30 heavy (non-hydrogen) atoms. The first-order valence-electron chi connectivity index (χ1n) is 9.77. The van der Waals surface area contributed by atoms with Gasteiger partial charge in [0.15, 0.2) is 12.6 Å². The second kappa shape index (κ2) is 9.30. The number of aliphatic hydroxyl groups is 2. The summed E-state index contributed by atoms with van der Waals surface area (Å²) in [6.07, 6.45) is -4.86. The zero-order valence-electron chi connectivity index (χ0n) is 16.8. The van der Waals surface area contributed by atoms with Crippen molar-refractivity contribution in [2.75, 3.05) is 27.4 Å². The van der Waals surface area contributed by atoms with Crippen LogP contribution in [0.5, 0.6) is 11.5 Å². The van der Waals surface area contributed by atoms with E-state index < -0.39 is 37.0 Å². The molecule has 0 amide bonds. The summed E-state index contributed by atoms with van der Waals surface area (Å²) in [5.74, 6) is 1.44. The summed E-state index contributed by atoms with van der Waals surface area (Å²) in [7, 11) is 3.19. The van der Waals surface area contributed by atoms with Crippen LogP contribution in [0.25, 0.3) is 0 Å². The molecule has 8 nitrogen and oxygen atoms in total. The largest absolute Gasteiger partial charge is 0.497 e. The quantitative estimate of drug-likeness (QED) is 0.761. The number of methoxy groups -OCH3 is 2. The molecule has 2 aliphatic heterocycles. The van der Waals surface area contributed by atoms with Crippen molar-refractivity contribution in [3.63, 3.8) is 0 Å². The van der Waals surface area contributed by atoms with Gasteiger partial charge < -0.3 is 38.6 Å². The van der Waals surface area contributed by atoms with E-state index in [1.807, 2.05) is 48.5 Å². The fourth-order valence-corrected chi connectivity index (χ4v) is 3.57. The van der Waals surface area contributed by atoms with Gasteiger partial charge in [0, 0.05) is 11.1 Å². The predicted molar refractivity (Wildman–Crippen MR) is 105 cm³/mol. The topological polar surface area (TPSA) is 95.8 Å². The van der Waals surface area contributed by atoms with Crippen LogP contribution in [0.1, 0.15) is 23.7 Å². The fourth-order valence-electron chi connectivity index (χ4n) is 3.57. The summed E-state index contributed by atoms with van der Waals surface area (Å²) in [5.41, 5.74) is 1.56. The first-order valence-corrected chi connectivity index (χ1v) is 9.77. The van der Waals surface area contributed by atoms with Crippen LogP contribution in [-0.2, 0) is 18.9 Å². The molecule has 0 bridgehead atoms. The monoisotopic (exact) mass is 418 g/mol. The average Bonchev–Trinajstić information content (AvgIpc) is 2.80. The Balaban J connectivity index is 1.49. The first-order chi connectivity index (χ1) is 14.6. The van der Waals surface area contributed by atoms with Crippen molar-refractivity contribution in [2.24, 2.45) is 0 Å². The number of benzene rings is 2. The zero-order chi connectivity index (χ0) is 21.1. The van der Waals surface area contributed by atoms with E-state index in [4.69, 9.17) is 28.4 Å². The molecule has 0 saturated carbocycles. The summed E-state index contributed by atoms with van der Waals surface area (Å²) in [4.78, 5) is 0. The van der Waals surface area contributed by atoms with Gasteiger partial charge in [0.05, 0.1) is 27.4 Å². The van der Waals surface area contributed by atoms with Crippen molar-refractivity contribution in [1.29, 1.82) is 0 Å². The summed E-state index contributed by atoms with van der Waals surface area (Å²) < 4.78 is 33.7. The lowest BCUT2D eigenvalue weighted by Crippen LogP contribution is -2.55. The van der Waals surface area contributed by atoms with Crippen molar-refractivity contribution in [3.05, 3.63) is 59.7 Å². The second-order valence-electron chi connectivity index (χ2n) is 7.21. The van der Waals surface area contributed by atoms with Crippen LogP contribution in [0.4, 0.5) is 0 Å². The van der Waals surface area contributed by atoms with Crippen LogP contribution >= 0.6 is 0 Å². The molecule has 2 aliphatic rings. The van der Waals surface area contributed by atoms with E-state index in [0.29, 0.717) is 0 Å². The third-order valence-corrected chi connectivity index (χ3v) is 5.26. The molecule has 2 heterocycles. The van der Waals surface area contributed by atoms with Gasteiger partial charge in [-0.25, -0.2) is 0 Å². The van der Waals surface area contributed by atoms with Crippen molar-refractivity contribution in [2.45, 2.75) is 37.0 Å². The van der Waals surface area contributed by atoms with Gasteiger partial charge >= 0.3 is 0 Å². The summed E-state index contributed by atoms with van der Waals surface area (Å²) >= 11 is 0. The molecule has 2 fully saturated rings. The number of aliphatic hydroxyl groups excluding tert-OH is 2. The summed E-state index contributed by atoms with van der Waals surface area (Å²) in [6.45, 7) is 0.115. The smallest absolute Gasteiger partial charge is 0.184 e. The molecule has 6 atom stereocenters. The Morgan fingerprint density at radius 2 is 1.03 bits per heavy atom. The third-order valence-electron chi connectivity index (χ3n) is 5.26. The maximum atomic E-state index is 10.5. The normalized spacial score (nSPS) is 31.9. The number of rotatable bonds is 5. The Kier molecular flexibility index (Phi) is 6.52. The van der Waals surface area contributed by atoms with Crippen molar-refractivity contribution < 1.29 is 38.6 Å². The van der Waals surface area contributed by atoms with E-state index in [1.54, 1.807) is 14.2 Å². The maximum Gasteiger partial charge on any atom is 0.184 e. The zero-order valence-corrected chi connectivity index (χ0v) is 16.8. The van der Waals surface area contributed by atoms with Gasteiger partial charge in [0.25, 0.3) is 0 Å². The minimum Gasteiger partial charge on any atom is -0.497 e. The highest BCUT2D eigenvalue weighted by molar-refractivity contribution is 5.29. The molecule has 0 spiro atoms. The lowest BCUT2D eigenvalue weighted by atomic mass is 10.0. The van der Waals surface area contributed by atoms with E-state index in [9.17, 15) is 10.2 Å². The van der Waals surface area contributed by atoms with E-state index >= 15 is 0 Å². The Labute approximate surface area is 174 Å². The molecule has 8 heteroatoms. The summed E-state index contributed by atoms with van der Waals surface area (Å²) in [6, 6.07) is 14.6. The van der Waals surface area contributed by atoms with Crippen molar-refractivity contribution in [3.8, 4) is 11.5 Å². The van der Waals surface area contributed by atoms with Crippen LogP contribution in [0.2, 0.25) is 0 Å². The predicted octanol–water partition coefficient (Wildman–Crippen LogP) is 1.95. The molecular formula is C22H26O8. The van der Waals surface area contributed by atoms with Crippen LogP contribution in [0.3, 0.4) is 0 Å². The maximum absolute atomic E-state index is 10.5. The lowest BCUT2D eigenvalue weighted by Gasteiger charge is -2.43. The molecule has 2 aromatic carbocycles. The van der Waals surface area contributed by atoms with Crippen molar-refractivity contribution >= 4 is 0 Å². The highest BCUT2D eigenvalue weighted by Gasteiger charge is 2.44. The van der Waals surface area contributed by atoms with Gasteiger partial charge in [-0.1, -0.05) is 24.3 Å². The first kappa shape index (κ1) is 21.0. The van der Waals surface area contributed by atoms with Gasteiger partial charge in [0.1, 0.15) is 35.9 Å². The van der Waals surface area contributed by atoms with E-state index in [-0.39, 0.29) is 13.2 Å². The minimum absolute atomic E-state index is 0.0575. The summed E-state index contributed by atoms with van der Waals surface area (Å²) in [5, 5.41) is 21.0. The molecule has 162 valence electrons. The van der Waals surface area contributed by atoms with Gasteiger partial charge in [0.2, 0.25) is 0 Å². The number of hydrogen-bond acceptors (Lipinski definition) is 8. The molecule has 2 N–H and O–H groups in total. The molecule has 4 rings (SSSR count). The molecule has 0 aliphatic carbocycles. The average molecular weight is 418 g/mol. The molecule has 4 unspecified atom stereocenters. The number of ether oxygens (including phenoxy) is 6. The van der Waals surface area contributed by atoms with Crippen LogP contribution < -0.4 is 9.47 Å². The molecule has 0 radical (unpaired) electrons. The van der Waals surface area contributed by atoms with E-state index in [2.05, 4.69) is 0 Å². The second-order valence-corrected chi connectivity index (χ2v) is 7.21. The Bertz CT molecular complexity index is 739. The highest BCUT2D eigenvalue weighted by atomic mass is 16.7. The Morgan fingerprint density at radius 3 is 1.37 bits per heavy atom. The Hall–Kier alpha value is -2.20. The lowest BCUT2D eigenvalue weighted by molar-refractivity contribution is -0.331. The molecule has 2 aromatic rings. The highest BCUT2D eigenvalue weighted by Crippen LogP contribution is 2.35. The van der Waals surface area contributed by atoms with Gasteiger partial charge in [-0.15, -0.1) is 0 Å². The SMILES string of the molecule is COc1ccc(C2OCC(O)[C@H]([C@@H]3OC(c4ccc(OC)cc4)OCC3O)O2)cc1. The van der Waals surface area contributed by atoms with Crippen LogP contribution in [-0.4, -0.2) is 62.1 Å². The molecular weight excluding hydrogens is 392 g/mol. The standard InChI is InChI=1S/C22H26O8/c1-25-15-7-3-13(4-8-15)21-27-11-17(23)19(29-21)20-18(24)12-28-22(30-20)14-5-9-16(26-2)10-6-14/h3-10,17-24H,11-12H2,1-2H3/t17?,18?,19-,20-,21?,22?/m1/s1. The fraction of sp³-hybridized carbons (Fsp3) is 0.455. The molecule has 2 saturated heterocycles. The molecule has 0 aromatic heterocycles. The van der Waals surface area contributed by atoms with E-state index in [0.717, 1.165) is 22.6 Å². The number of hydrogen-bond donors (Lipinski definition) is 2. The van der Waals surface area contributed by atoms with Crippen molar-refractivity contribution in [1.82, 2.24) is 0 Å². The van der Waals surface area contributed by atoms with Gasteiger partial charge in [-0.05, 0) is 24.3 Å². The van der Waals surface area contributed by atoms with Gasteiger partial charge in [-0.2, -0.15) is 0 Å². The van der Waals surface area contributed by atoms with Crippen LogP contribution in [0, 0.1) is 0 Å². The van der Waals surface area contributed by atoms with E-state index in [1.165, 1.54) is 0 Å². The Morgan fingerprint density at radius 1 is 0.667 bits per heavy atom. The minimum atomic E-state index is -0.950.